The molecule has 0 spiro atoms. The molecule has 1 aromatic carbocycles. The second-order valence-electron chi connectivity index (χ2n) is 6.17. The Balaban J connectivity index is 1.79. The number of ether oxygens (including phenoxy) is 2. The summed E-state index contributed by atoms with van der Waals surface area (Å²) in [5.74, 6) is 0. The molecular weight excluding hydrogens is 322 g/mol. The molecule has 1 fully saturated rings. The van der Waals surface area contributed by atoms with Gasteiger partial charge in [-0.15, -0.1) is 0 Å². The zero-order chi connectivity index (χ0) is 17.8. The molecule has 7 heteroatoms. The summed E-state index contributed by atoms with van der Waals surface area (Å²) in [7, 11) is 0. The Morgan fingerprint density at radius 2 is 2.16 bits per heavy atom. The zero-order valence-corrected chi connectivity index (χ0v) is 14.6. The maximum absolute atomic E-state index is 10.8. The smallest absolute Gasteiger partial charge is 0.269 e. The van der Waals surface area contributed by atoms with Gasteiger partial charge in [0, 0.05) is 24.4 Å². The first kappa shape index (κ1) is 17.6. The molecule has 1 aromatic heterocycles. The number of nitrogens with zero attached hydrogens (tertiary/aromatic N) is 3. The number of nitro groups is 1. The van der Waals surface area contributed by atoms with Crippen molar-refractivity contribution in [1.29, 1.82) is 0 Å². The topological polar surface area (TPSA) is 79.4 Å². The van der Waals surface area contributed by atoms with Crippen LogP contribution in [-0.2, 0) is 15.9 Å². The molecule has 1 aliphatic rings. The number of nitro benzene ring substituents is 1. The van der Waals surface area contributed by atoms with E-state index in [1.807, 2.05) is 17.7 Å². The van der Waals surface area contributed by atoms with E-state index in [0.717, 1.165) is 49.4 Å². The van der Waals surface area contributed by atoms with Crippen molar-refractivity contribution in [2.45, 2.75) is 51.9 Å². The summed E-state index contributed by atoms with van der Waals surface area (Å²) in [6, 6.07) is 8.43. The highest BCUT2D eigenvalue weighted by molar-refractivity contribution is 5.41. The van der Waals surface area contributed by atoms with Gasteiger partial charge in [-0.25, -0.2) is 4.68 Å². The first-order chi connectivity index (χ1) is 12.1. The third-order valence-electron chi connectivity index (χ3n) is 4.38. The molecule has 7 nitrogen and oxygen atoms in total. The van der Waals surface area contributed by atoms with E-state index in [0.29, 0.717) is 0 Å². The highest BCUT2D eigenvalue weighted by Crippen LogP contribution is 2.25. The highest BCUT2D eigenvalue weighted by atomic mass is 16.7. The Hall–Kier alpha value is -2.25. The monoisotopic (exact) mass is 345 g/mol. The molecule has 2 aromatic rings. The van der Waals surface area contributed by atoms with E-state index in [2.05, 4.69) is 12.0 Å². The van der Waals surface area contributed by atoms with Gasteiger partial charge < -0.3 is 9.47 Å². The summed E-state index contributed by atoms with van der Waals surface area (Å²) in [5, 5.41) is 15.5. The minimum Gasteiger partial charge on any atom is -0.353 e. The van der Waals surface area contributed by atoms with Crippen LogP contribution in [0, 0.1) is 10.1 Å². The number of aromatic nitrogens is 2. The number of benzene rings is 1. The van der Waals surface area contributed by atoms with Crippen molar-refractivity contribution in [1.82, 2.24) is 9.78 Å². The average Bonchev–Trinajstić information content (AvgIpc) is 3.07. The maximum atomic E-state index is 10.8. The molecule has 2 unspecified atom stereocenters. The molecule has 0 radical (unpaired) electrons. The number of hydrogen-bond acceptors (Lipinski definition) is 5. The van der Waals surface area contributed by atoms with Gasteiger partial charge in [-0.3, -0.25) is 10.1 Å². The van der Waals surface area contributed by atoms with Crippen molar-refractivity contribution >= 4 is 5.69 Å². The van der Waals surface area contributed by atoms with Crippen molar-refractivity contribution in [3.8, 4) is 5.69 Å². The van der Waals surface area contributed by atoms with Crippen molar-refractivity contribution in [2.75, 3.05) is 6.61 Å². The summed E-state index contributed by atoms with van der Waals surface area (Å²) in [6.45, 7) is 4.77. The summed E-state index contributed by atoms with van der Waals surface area (Å²) in [5.41, 5.74) is 2.74. The van der Waals surface area contributed by atoms with Gasteiger partial charge in [0.05, 0.1) is 16.3 Å². The Morgan fingerprint density at radius 1 is 1.40 bits per heavy atom. The van der Waals surface area contributed by atoms with E-state index < -0.39 is 4.92 Å². The molecule has 1 saturated heterocycles. The largest absolute Gasteiger partial charge is 0.353 e. The van der Waals surface area contributed by atoms with Gasteiger partial charge in [0.2, 0.25) is 0 Å². The molecule has 0 saturated carbocycles. The van der Waals surface area contributed by atoms with Crippen LogP contribution in [0.4, 0.5) is 5.69 Å². The SMILES string of the molecule is CCc1cc(C(C)OC2CCCCO2)nn1-c1ccc([N+](=O)[O-])cc1. The number of non-ortho nitro benzene ring substituents is 1. The maximum Gasteiger partial charge on any atom is 0.269 e. The van der Waals surface area contributed by atoms with E-state index in [9.17, 15) is 10.1 Å². The van der Waals surface area contributed by atoms with Crippen molar-refractivity contribution in [3.05, 3.63) is 51.8 Å². The van der Waals surface area contributed by atoms with Crippen LogP contribution in [0.2, 0.25) is 0 Å². The van der Waals surface area contributed by atoms with Crippen LogP contribution in [0.3, 0.4) is 0 Å². The first-order valence-corrected chi connectivity index (χ1v) is 8.69. The van der Waals surface area contributed by atoms with Crippen LogP contribution in [0.25, 0.3) is 5.69 Å². The normalized spacial score (nSPS) is 18.9. The molecule has 0 N–H and O–H groups in total. The number of aryl methyl sites for hydroxylation is 1. The molecule has 2 heterocycles. The summed E-state index contributed by atoms with van der Waals surface area (Å²) < 4.78 is 13.4. The van der Waals surface area contributed by atoms with Crippen LogP contribution in [0.1, 0.15) is 50.6 Å². The highest BCUT2D eigenvalue weighted by Gasteiger charge is 2.21. The van der Waals surface area contributed by atoms with Gasteiger partial charge in [-0.2, -0.15) is 5.10 Å². The van der Waals surface area contributed by atoms with Crippen molar-refractivity contribution < 1.29 is 14.4 Å². The van der Waals surface area contributed by atoms with Gasteiger partial charge >= 0.3 is 0 Å². The van der Waals surface area contributed by atoms with Crippen LogP contribution in [0.5, 0.6) is 0 Å². The standard InChI is InChI=1S/C18H23N3O4/c1-3-14-12-17(13(2)25-18-6-4-5-11-24-18)19-20(14)15-7-9-16(10-8-15)21(22)23/h7-10,12-13,18H,3-6,11H2,1-2H3. The van der Waals surface area contributed by atoms with Crippen LogP contribution in [0.15, 0.2) is 30.3 Å². The lowest BCUT2D eigenvalue weighted by atomic mass is 10.2. The molecule has 0 aliphatic carbocycles. The lowest BCUT2D eigenvalue weighted by Crippen LogP contribution is -2.23. The van der Waals surface area contributed by atoms with Crippen molar-refractivity contribution in [2.24, 2.45) is 0 Å². The Bertz CT molecular complexity index is 720. The fraction of sp³-hybridized carbons (Fsp3) is 0.500. The predicted octanol–water partition coefficient (Wildman–Crippen LogP) is 3.95. The summed E-state index contributed by atoms with van der Waals surface area (Å²) >= 11 is 0. The molecule has 2 atom stereocenters. The number of hydrogen-bond donors (Lipinski definition) is 0. The minimum absolute atomic E-state index is 0.0697. The van der Waals surface area contributed by atoms with Gasteiger partial charge in [0.25, 0.3) is 5.69 Å². The Morgan fingerprint density at radius 3 is 2.76 bits per heavy atom. The predicted molar refractivity (Wildman–Crippen MR) is 92.7 cm³/mol. The van der Waals surface area contributed by atoms with Crippen LogP contribution < -0.4 is 0 Å². The second kappa shape index (κ2) is 7.76. The van der Waals surface area contributed by atoms with Gasteiger partial charge in [0.15, 0.2) is 6.29 Å². The third kappa shape index (κ3) is 4.05. The fourth-order valence-corrected chi connectivity index (χ4v) is 2.95. The average molecular weight is 345 g/mol. The summed E-state index contributed by atoms with van der Waals surface area (Å²) in [4.78, 5) is 10.4. The van der Waals surface area contributed by atoms with Gasteiger partial charge in [-0.1, -0.05) is 6.92 Å². The Kier molecular flexibility index (Phi) is 5.45. The first-order valence-electron chi connectivity index (χ1n) is 8.69. The molecule has 3 rings (SSSR count). The fourth-order valence-electron chi connectivity index (χ4n) is 2.95. The second-order valence-corrected chi connectivity index (χ2v) is 6.17. The zero-order valence-electron chi connectivity index (χ0n) is 14.6. The van der Waals surface area contributed by atoms with E-state index in [-0.39, 0.29) is 18.1 Å². The third-order valence-corrected chi connectivity index (χ3v) is 4.38. The van der Waals surface area contributed by atoms with E-state index in [4.69, 9.17) is 9.47 Å². The Labute approximate surface area is 146 Å². The molecule has 0 bridgehead atoms. The molecule has 134 valence electrons. The summed E-state index contributed by atoms with van der Waals surface area (Å²) in [6.07, 6.45) is 3.58. The van der Waals surface area contributed by atoms with E-state index in [1.165, 1.54) is 12.1 Å². The van der Waals surface area contributed by atoms with Crippen LogP contribution in [-0.4, -0.2) is 27.6 Å². The molecule has 1 aliphatic heterocycles. The minimum atomic E-state index is -0.404. The quantitative estimate of drug-likeness (QED) is 0.585. The van der Waals surface area contributed by atoms with E-state index >= 15 is 0 Å². The van der Waals surface area contributed by atoms with E-state index in [1.54, 1.807) is 12.1 Å². The molecule has 0 amide bonds. The molecular formula is C18H23N3O4. The van der Waals surface area contributed by atoms with Gasteiger partial charge in [0.1, 0.15) is 6.10 Å². The lowest BCUT2D eigenvalue weighted by molar-refractivity contribution is -0.384. The van der Waals surface area contributed by atoms with Crippen LogP contribution >= 0.6 is 0 Å². The molecule has 25 heavy (non-hydrogen) atoms. The van der Waals surface area contributed by atoms with Gasteiger partial charge in [-0.05, 0) is 50.8 Å². The lowest BCUT2D eigenvalue weighted by Gasteiger charge is -2.25. The van der Waals surface area contributed by atoms with Crippen molar-refractivity contribution in [3.63, 3.8) is 0 Å². The number of rotatable bonds is 6.